The number of hydrogen-bond donors (Lipinski definition) is 2. The third kappa shape index (κ3) is 3.27. The summed E-state index contributed by atoms with van der Waals surface area (Å²) in [6.45, 7) is 3.18. The van der Waals surface area contributed by atoms with Gasteiger partial charge in [-0.3, -0.25) is 4.90 Å². The minimum absolute atomic E-state index is 0.452. The van der Waals surface area contributed by atoms with E-state index in [0.717, 1.165) is 37.6 Å². The SMILES string of the molecule is Nc1ccnc(NC2CCN(Cc3ccccc3)C2)c1. The molecule has 0 amide bonds. The fraction of sp³-hybridized carbons (Fsp3) is 0.312. The number of hydrogen-bond acceptors (Lipinski definition) is 4. The second-order valence-electron chi connectivity index (χ2n) is 5.33. The van der Waals surface area contributed by atoms with Gasteiger partial charge in [-0.2, -0.15) is 0 Å². The van der Waals surface area contributed by atoms with Crippen LogP contribution in [0.2, 0.25) is 0 Å². The molecule has 0 spiro atoms. The van der Waals surface area contributed by atoms with Crippen molar-refractivity contribution in [3.63, 3.8) is 0 Å². The molecule has 0 aliphatic carbocycles. The second-order valence-corrected chi connectivity index (χ2v) is 5.33. The third-order valence-electron chi connectivity index (χ3n) is 3.66. The number of aromatic nitrogens is 1. The normalized spacial score (nSPS) is 19.1. The number of anilines is 2. The molecule has 4 nitrogen and oxygen atoms in total. The van der Waals surface area contributed by atoms with Crippen LogP contribution >= 0.6 is 0 Å². The zero-order valence-corrected chi connectivity index (χ0v) is 11.5. The van der Waals surface area contributed by atoms with Crippen LogP contribution in [0.15, 0.2) is 48.7 Å². The van der Waals surface area contributed by atoms with Gasteiger partial charge in [0.1, 0.15) is 5.82 Å². The Bertz CT molecular complexity index is 555. The van der Waals surface area contributed by atoms with Gasteiger partial charge in [-0.15, -0.1) is 0 Å². The van der Waals surface area contributed by atoms with E-state index in [2.05, 4.69) is 45.5 Å². The first-order valence-corrected chi connectivity index (χ1v) is 7.04. The Hall–Kier alpha value is -2.07. The van der Waals surface area contributed by atoms with Crippen molar-refractivity contribution in [2.24, 2.45) is 0 Å². The second kappa shape index (κ2) is 5.92. The molecule has 3 rings (SSSR count). The van der Waals surface area contributed by atoms with Crippen LogP contribution in [0.3, 0.4) is 0 Å². The van der Waals surface area contributed by atoms with Crippen molar-refractivity contribution in [3.8, 4) is 0 Å². The van der Waals surface area contributed by atoms with E-state index in [-0.39, 0.29) is 0 Å². The first-order chi connectivity index (χ1) is 9.79. The first kappa shape index (κ1) is 12.9. The molecule has 2 heterocycles. The highest BCUT2D eigenvalue weighted by molar-refractivity contribution is 5.48. The summed E-state index contributed by atoms with van der Waals surface area (Å²) in [5, 5.41) is 3.46. The van der Waals surface area contributed by atoms with Gasteiger partial charge in [0, 0.05) is 43.6 Å². The Morgan fingerprint density at radius 2 is 2.10 bits per heavy atom. The van der Waals surface area contributed by atoms with E-state index in [0.29, 0.717) is 6.04 Å². The van der Waals surface area contributed by atoms with Crippen molar-refractivity contribution in [2.45, 2.75) is 19.0 Å². The lowest BCUT2D eigenvalue weighted by Crippen LogP contribution is -2.26. The first-order valence-electron chi connectivity index (χ1n) is 7.04. The molecule has 0 saturated carbocycles. The van der Waals surface area contributed by atoms with Crippen molar-refractivity contribution in [1.82, 2.24) is 9.88 Å². The number of pyridine rings is 1. The summed E-state index contributed by atoms with van der Waals surface area (Å²) in [6.07, 6.45) is 2.89. The summed E-state index contributed by atoms with van der Waals surface area (Å²) in [7, 11) is 0. The highest BCUT2D eigenvalue weighted by atomic mass is 15.2. The van der Waals surface area contributed by atoms with E-state index in [9.17, 15) is 0 Å². The molecule has 1 aliphatic rings. The molecular weight excluding hydrogens is 248 g/mol. The summed E-state index contributed by atoms with van der Waals surface area (Å²) < 4.78 is 0. The van der Waals surface area contributed by atoms with E-state index in [4.69, 9.17) is 5.73 Å². The zero-order chi connectivity index (χ0) is 13.8. The number of likely N-dealkylation sites (tertiary alicyclic amines) is 1. The van der Waals surface area contributed by atoms with Crippen LogP contribution in [-0.2, 0) is 6.54 Å². The summed E-state index contributed by atoms with van der Waals surface area (Å²) in [5.74, 6) is 0.872. The van der Waals surface area contributed by atoms with Crippen LogP contribution in [0, 0.1) is 0 Å². The maximum absolute atomic E-state index is 5.77. The molecule has 3 N–H and O–H groups in total. The average molecular weight is 268 g/mol. The van der Waals surface area contributed by atoms with Crippen molar-refractivity contribution >= 4 is 11.5 Å². The average Bonchev–Trinajstić information content (AvgIpc) is 2.87. The monoisotopic (exact) mass is 268 g/mol. The molecule has 1 atom stereocenters. The standard InChI is InChI=1S/C16H20N4/c17-14-6-8-18-16(10-14)19-15-7-9-20(12-15)11-13-4-2-1-3-5-13/h1-6,8,10,15H,7,9,11-12H2,(H3,17,18,19). The predicted molar refractivity (Wildman–Crippen MR) is 82.4 cm³/mol. The van der Waals surface area contributed by atoms with Gasteiger partial charge in [0.25, 0.3) is 0 Å². The number of nitrogens with zero attached hydrogens (tertiary/aromatic N) is 2. The van der Waals surface area contributed by atoms with Gasteiger partial charge in [0.2, 0.25) is 0 Å². The highest BCUT2D eigenvalue weighted by Gasteiger charge is 2.22. The van der Waals surface area contributed by atoms with Gasteiger partial charge in [-0.25, -0.2) is 4.98 Å². The predicted octanol–water partition coefficient (Wildman–Crippen LogP) is 2.35. The Morgan fingerprint density at radius 1 is 1.25 bits per heavy atom. The molecule has 20 heavy (non-hydrogen) atoms. The summed E-state index contributed by atoms with van der Waals surface area (Å²) >= 11 is 0. The summed E-state index contributed by atoms with van der Waals surface area (Å²) in [5.41, 5.74) is 7.89. The minimum Gasteiger partial charge on any atom is -0.399 e. The van der Waals surface area contributed by atoms with E-state index in [1.54, 1.807) is 6.20 Å². The van der Waals surface area contributed by atoms with Crippen LogP contribution in [0.5, 0.6) is 0 Å². The highest BCUT2D eigenvalue weighted by Crippen LogP contribution is 2.17. The lowest BCUT2D eigenvalue weighted by molar-refractivity contribution is 0.328. The number of nitrogen functional groups attached to an aromatic ring is 1. The fourth-order valence-electron chi connectivity index (χ4n) is 2.67. The van der Waals surface area contributed by atoms with Crippen molar-refractivity contribution in [3.05, 3.63) is 54.2 Å². The molecule has 104 valence electrons. The molecule has 1 aromatic carbocycles. The van der Waals surface area contributed by atoms with Gasteiger partial charge in [-0.1, -0.05) is 30.3 Å². The Morgan fingerprint density at radius 3 is 2.90 bits per heavy atom. The molecule has 1 aromatic heterocycles. The van der Waals surface area contributed by atoms with E-state index in [1.807, 2.05) is 12.1 Å². The summed E-state index contributed by atoms with van der Waals surface area (Å²) in [4.78, 5) is 6.77. The van der Waals surface area contributed by atoms with Gasteiger partial charge >= 0.3 is 0 Å². The summed E-state index contributed by atoms with van der Waals surface area (Å²) in [6, 6.07) is 14.8. The van der Waals surface area contributed by atoms with Crippen LogP contribution in [0.4, 0.5) is 11.5 Å². The Labute approximate surface area is 119 Å². The van der Waals surface area contributed by atoms with Gasteiger partial charge in [0.15, 0.2) is 0 Å². The van der Waals surface area contributed by atoms with Crippen LogP contribution < -0.4 is 11.1 Å². The van der Waals surface area contributed by atoms with Gasteiger partial charge in [0.05, 0.1) is 0 Å². The fourth-order valence-corrected chi connectivity index (χ4v) is 2.67. The molecule has 4 heteroatoms. The van der Waals surface area contributed by atoms with Gasteiger partial charge < -0.3 is 11.1 Å². The van der Waals surface area contributed by atoms with E-state index in [1.165, 1.54) is 5.56 Å². The molecule has 0 bridgehead atoms. The Balaban J connectivity index is 1.54. The molecule has 1 saturated heterocycles. The lowest BCUT2D eigenvalue weighted by Gasteiger charge is -2.17. The number of nitrogens with one attached hydrogen (secondary N) is 1. The molecule has 2 aromatic rings. The molecule has 0 radical (unpaired) electrons. The molecule has 1 aliphatic heterocycles. The van der Waals surface area contributed by atoms with Crippen molar-refractivity contribution in [2.75, 3.05) is 24.1 Å². The smallest absolute Gasteiger partial charge is 0.128 e. The van der Waals surface area contributed by atoms with Crippen LogP contribution in [0.1, 0.15) is 12.0 Å². The van der Waals surface area contributed by atoms with Crippen LogP contribution in [-0.4, -0.2) is 29.0 Å². The lowest BCUT2D eigenvalue weighted by atomic mass is 10.2. The quantitative estimate of drug-likeness (QED) is 0.893. The van der Waals surface area contributed by atoms with Crippen molar-refractivity contribution in [1.29, 1.82) is 0 Å². The van der Waals surface area contributed by atoms with Crippen LogP contribution in [0.25, 0.3) is 0 Å². The largest absolute Gasteiger partial charge is 0.399 e. The topological polar surface area (TPSA) is 54.2 Å². The number of nitrogens with two attached hydrogens (primary N) is 1. The maximum Gasteiger partial charge on any atom is 0.128 e. The zero-order valence-electron chi connectivity index (χ0n) is 11.5. The molecule has 1 fully saturated rings. The number of benzene rings is 1. The van der Waals surface area contributed by atoms with E-state index < -0.39 is 0 Å². The number of rotatable bonds is 4. The minimum atomic E-state index is 0.452. The maximum atomic E-state index is 5.77. The van der Waals surface area contributed by atoms with E-state index >= 15 is 0 Å². The third-order valence-corrected chi connectivity index (χ3v) is 3.66. The molecule has 1 unspecified atom stereocenters. The molecular formula is C16H20N4. The van der Waals surface area contributed by atoms with Gasteiger partial charge in [-0.05, 0) is 18.1 Å². The van der Waals surface area contributed by atoms with Crippen molar-refractivity contribution < 1.29 is 0 Å². The Kier molecular flexibility index (Phi) is 3.83.